The van der Waals surface area contributed by atoms with E-state index in [-0.39, 0.29) is 43.5 Å². The molecule has 0 saturated carbocycles. The van der Waals surface area contributed by atoms with E-state index in [1.807, 2.05) is 66.7 Å². The molecule has 1 N–H and O–H groups in total. The monoisotopic (exact) mass is 588 g/mol. The molecule has 0 aliphatic carbocycles. The van der Waals surface area contributed by atoms with Crippen LogP contribution >= 0.6 is 0 Å². The highest BCUT2D eigenvalue weighted by Crippen LogP contribution is 2.28. The second kappa shape index (κ2) is 12.7. The minimum Gasteiger partial charge on any atom is -0.445 e. The fraction of sp³-hybridized carbons (Fsp3) is 0.206. The number of carbonyl (C=O) groups excluding carboxylic acids is 4. The van der Waals surface area contributed by atoms with Crippen molar-refractivity contribution in [3.63, 3.8) is 0 Å². The third kappa shape index (κ3) is 6.22. The number of hydrogen-bond donors (Lipinski definition) is 1. The Labute approximate surface area is 253 Å². The summed E-state index contributed by atoms with van der Waals surface area (Å²) in [5, 5.41) is 6.93. The number of fused-ring (bicyclic) bond motifs is 2. The third-order valence-electron chi connectivity index (χ3n) is 7.43. The van der Waals surface area contributed by atoms with E-state index in [9.17, 15) is 19.2 Å². The van der Waals surface area contributed by atoms with Gasteiger partial charge in [0.25, 0.3) is 17.7 Å². The van der Waals surface area contributed by atoms with Gasteiger partial charge in [-0.3, -0.25) is 19.3 Å². The highest BCUT2D eigenvalue weighted by atomic mass is 16.6. The number of nitrogens with zero attached hydrogens (tertiary/aromatic N) is 3. The molecule has 4 amide bonds. The molecule has 3 aromatic carbocycles. The Morgan fingerprint density at radius 3 is 2.41 bits per heavy atom. The van der Waals surface area contributed by atoms with Crippen molar-refractivity contribution < 1.29 is 28.8 Å². The van der Waals surface area contributed by atoms with Gasteiger partial charge in [0.05, 0.1) is 23.5 Å². The van der Waals surface area contributed by atoms with Crippen LogP contribution in [0.1, 0.15) is 45.5 Å². The summed E-state index contributed by atoms with van der Waals surface area (Å²) in [5.41, 5.74) is 5.17. The average Bonchev–Trinajstić information content (AvgIpc) is 3.65. The zero-order valence-corrected chi connectivity index (χ0v) is 23.7. The first-order valence-electron chi connectivity index (χ1n) is 14.2. The van der Waals surface area contributed by atoms with Gasteiger partial charge in [0.15, 0.2) is 6.10 Å². The largest absolute Gasteiger partial charge is 0.445 e. The Morgan fingerprint density at radius 2 is 1.61 bits per heavy atom. The lowest BCUT2D eigenvalue weighted by Gasteiger charge is -2.27. The van der Waals surface area contributed by atoms with Gasteiger partial charge < -0.3 is 19.8 Å². The van der Waals surface area contributed by atoms with Gasteiger partial charge >= 0.3 is 6.09 Å². The Bertz CT molecular complexity index is 1730. The van der Waals surface area contributed by atoms with E-state index in [1.54, 1.807) is 11.0 Å². The van der Waals surface area contributed by atoms with Gasteiger partial charge in [-0.05, 0) is 41.8 Å². The number of para-hydroxylation sites is 1. The van der Waals surface area contributed by atoms with E-state index < -0.39 is 6.09 Å². The molecule has 44 heavy (non-hydrogen) atoms. The van der Waals surface area contributed by atoms with Crippen molar-refractivity contribution in [2.75, 3.05) is 24.5 Å². The number of imide groups is 1. The summed E-state index contributed by atoms with van der Waals surface area (Å²) in [4.78, 5) is 57.5. The molecule has 1 unspecified atom stereocenters. The smallest absolute Gasteiger partial charge is 0.407 e. The molecule has 0 bridgehead atoms. The fourth-order valence-corrected chi connectivity index (χ4v) is 5.14. The first kappa shape index (κ1) is 28.4. The first-order chi connectivity index (χ1) is 21.5. The Balaban J connectivity index is 1.01. The fourth-order valence-electron chi connectivity index (χ4n) is 5.14. The molecule has 0 spiro atoms. The molecule has 1 atom stereocenters. The van der Waals surface area contributed by atoms with Crippen LogP contribution in [0.3, 0.4) is 0 Å². The molecule has 3 aliphatic heterocycles. The molecule has 3 aromatic rings. The molecule has 10 heteroatoms. The van der Waals surface area contributed by atoms with Crippen LogP contribution in [0, 0.1) is 11.8 Å². The summed E-state index contributed by atoms with van der Waals surface area (Å²) >= 11 is 0. The van der Waals surface area contributed by atoms with E-state index in [1.165, 1.54) is 12.2 Å². The van der Waals surface area contributed by atoms with Crippen molar-refractivity contribution in [3.05, 3.63) is 113 Å². The van der Waals surface area contributed by atoms with Crippen LogP contribution in [-0.2, 0) is 25.8 Å². The molecule has 3 heterocycles. The molecule has 3 aliphatic rings. The molecule has 0 aromatic heterocycles. The zero-order valence-electron chi connectivity index (χ0n) is 23.7. The zero-order chi connectivity index (χ0) is 30.5. The van der Waals surface area contributed by atoms with Gasteiger partial charge in [0.1, 0.15) is 6.61 Å². The first-order valence-corrected chi connectivity index (χ1v) is 14.2. The summed E-state index contributed by atoms with van der Waals surface area (Å²) in [7, 11) is 0. The predicted molar refractivity (Wildman–Crippen MR) is 162 cm³/mol. The van der Waals surface area contributed by atoms with Crippen LogP contribution in [0.4, 0.5) is 10.5 Å². The van der Waals surface area contributed by atoms with Crippen LogP contribution in [0.25, 0.3) is 0 Å². The number of benzene rings is 3. The number of nitrogens with one attached hydrogen (secondary N) is 1. The van der Waals surface area contributed by atoms with E-state index in [4.69, 9.17) is 9.57 Å². The van der Waals surface area contributed by atoms with Crippen molar-refractivity contribution in [2.24, 2.45) is 5.16 Å². The molecule has 10 nitrogen and oxygen atoms in total. The van der Waals surface area contributed by atoms with Crippen LogP contribution in [0.15, 0.2) is 90.1 Å². The van der Waals surface area contributed by atoms with Gasteiger partial charge in [0.2, 0.25) is 0 Å². The maximum absolute atomic E-state index is 13.7. The van der Waals surface area contributed by atoms with E-state index in [0.717, 1.165) is 33.0 Å². The van der Waals surface area contributed by atoms with Crippen LogP contribution in [0.5, 0.6) is 0 Å². The van der Waals surface area contributed by atoms with Gasteiger partial charge in [-0.2, -0.15) is 0 Å². The lowest BCUT2D eigenvalue weighted by Crippen LogP contribution is -2.39. The second-order valence-corrected chi connectivity index (χ2v) is 10.4. The van der Waals surface area contributed by atoms with Crippen LogP contribution in [-0.4, -0.2) is 60.2 Å². The van der Waals surface area contributed by atoms with Crippen molar-refractivity contribution in [1.29, 1.82) is 0 Å². The number of alkyl carbamates (subject to hydrolysis) is 1. The molecule has 6 rings (SSSR count). The van der Waals surface area contributed by atoms with Gasteiger partial charge in [0, 0.05) is 42.8 Å². The van der Waals surface area contributed by atoms with Crippen molar-refractivity contribution in [1.82, 2.24) is 10.2 Å². The number of hydrogen-bond acceptors (Lipinski definition) is 7. The minimum absolute atomic E-state index is 0.0750. The van der Waals surface area contributed by atoms with Gasteiger partial charge in [-0.15, -0.1) is 0 Å². The Kier molecular flexibility index (Phi) is 8.19. The summed E-state index contributed by atoms with van der Waals surface area (Å²) in [5.74, 6) is 5.51. The van der Waals surface area contributed by atoms with Gasteiger partial charge in [-0.1, -0.05) is 65.5 Å². The lowest BCUT2D eigenvalue weighted by molar-refractivity contribution is -0.136. The van der Waals surface area contributed by atoms with E-state index in [2.05, 4.69) is 22.3 Å². The highest BCUT2D eigenvalue weighted by molar-refractivity contribution is 6.13. The van der Waals surface area contributed by atoms with Crippen LogP contribution in [0.2, 0.25) is 0 Å². The van der Waals surface area contributed by atoms with E-state index >= 15 is 0 Å². The number of ether oxygens (including phenoxy) is 1. The Morgan fingerprint density at radius 1 is 0.909 bits per heavy atom. The number of carbonyl (C=O) groups is 4. The molecule has 0 saturated heterocycles. The molecule has 0 radical (unpaired) electrons. The maximum Gasteiger partial charge on any atom is 0.407 e. The number of amides is 4. The standard InChI is InChI=1S/C34H28N4O6/c39-31-16-17-32(40)37(31)19-5-18-35-34(42)43-22-23-10-12-25(13-11-23)29-20-27(44-36-29)21-38-30-9-4-2-7-26(30)15-14-24-6-1-3-8-28(24)33(38)41/h1-4,6-13,16-17,27H,5,18-22H2,(H,35,42). The number of rotatable bonds is 9. The average molecular weight is 589 g/mol. The Hall–Kier alpha value is -5.69. The highest BCUT2D eigenvalue weighted by Gasteiger charge is 2.30. The molecule has 0 fully saturated rings. The number of oxime groups is 1. The maximum atomic E-state index is 13.7. The summed E-state index contributed by atoms with van der Waals surface area (Å²) in [6.45, 7) is 0.877. The quantitative estimate of drug-likeness (QED) is 0.231. The minimum atomic E-state index is -0.586. The topological polar surface area (TPSA) is 118 Å². The molecular formula is C34H28N4O6. The van der Waals surface area contributed by atoms with Crippen molar-refractivity contribution in [2.45, 2.75) is 25.6 Å². The second-order valence-electron chi connectivity index (χ2n) is 10.4. The van der Waals surface area contributed by atoms with E-state index in [0.29, 0.717) is 30.5 Å². The van der Waals surface area contributed by atoms with Gasteiger partial charge in [-0.25, -0.2) is 4.79 Å². The molecular weight excluding hydrogens is 560 g/mol. The summed E-state index contributed by atoms with van der Waals surface area (Å²) in [6.07, 6.45) is 2.47. The molecule has 220 valence electrons. The normalized spacial score (nSPS) is 16.7. The number of anilines is 1. The third-order valence-corrected chi connectivity index (χ3v) is 7.43. The van der Waals surface area contributed by atoms with Crippen molar-refractivity contribution >= 4 is 35.2 Å². The predicted octanol–water partition coefficient (Wildman–Crippen LogP) is 3.78. The van der Waals surface area contributed by atoms with Crippen molar-refractivity contribution in [3.8, 4) is 11.8 Å². The van der Waals surface area contributed by atoms with Crippen LogP contribution < -0.4 is 10.2 Å². The lowest BCUT2D eigenvalue weighted by atomic mass is 10.0. The summed E-state index contributed by atoms with van der Waals surface area (Å²) in [6, 6.07) is 22.4. The SMILES string of the molecule is O=C(NCCCN1C(=O)C=CC1=O)OCc1ccc(C2=NOC(CN3C(=O)c4ccccc4C#Cc4ccccc43)C2)cc1. The summed E-state index contributed by atoms with van der Waals surface area (Å²) < 4.78 is 5.28.